The molecule has 0 aromatic heterocycles. The van der Waals surface area contributed by atoms with E-state index in [1.807, 2.05) is 0 Å². The Kier molecular flexibility index (Phi) is 6.96. The molecule has 0 spiro atoms. The molecule has 0 amide bonds. The predicted octanol–water partition coefficient (Wildman–Crippen LogP) is 1.41. The van der Waals surface area contributed by atoms with Crippen LogP contribution in [0.2, 0.25) is 0 Å². The first kappa shape index (κ1) is 22.3. The molecule has 28 heavy (non-hydrogen) atoms. The van der Waals surface area contributed by atoms with Crippen molar-refractivity contribution in [1.82, 2.24) is 0 Å². The molecule has 5 N–H and O–H groups in total. The van der Waals surface area contributed by atoms with Crippen LogP contribution in [0.4, 0.5) is 0 Å². The average molecular weight is 412 g/mol. The summed E-state index contributed by atoms with van der Waals surface area (Å²) in [4.78, 5) is 41.2. The molecule has 2 aromatic carbocycles. The lowest BCUT2D eigenvalue weighted by Gasteiger charge is -2.05. The first-order chi connectivity index (χ1) is 12.9. The number of hydrogen-bond donors (Lipinski definition) is 5. The standard InChI is InChI=1S/C8H6O7S.C8H6O4/c9-7(10)4-2-1-3-5(16(13,14)15)6(4)8(11)12;9-7(10)5-2-1-3-6(4-5)8(11)12/h1-3H,(H,9,10)(H,11,12)(H,13,14,15);1-4H,(H,9,10)(H,11,12). The zero-order valence-corrected chi connectivity index (χ0v) is 14.5. The van der Waals surface area contributed by atoms with Crippen molar-refractivity contribution in [2.45, 2.75) is 4.90 Å². The third kappa shape index (κ3) is 5.62. The number of rotatable bonds is 5. The summed E-state index contributed by atoms with van der Waals surface area (Å²) in [6.07, 6.45) is 0. The summed E-state index contributed by atoms with van der Waals surface area (Å²) in [7, 11) is -4.78. The monoisotopic (exact) mass is 412 g/mol. The van der Waals surface area contributed by atoms with Crippen molar-refractivity contribution in [2.24, 2.45) is 0 Å². The molecule has 0 heterocycles. The average Bonchev–Trinajstić information content (AvgIpc) is 2.60. The van der Waals surface area contributed by atoms with E-state index in [0.717, 1.165) is 24.3 Å². The van der Waals surface area contributed by atoms with Crippen LogP contribution in [0.1, 0.15) is 41.4 Å². The zero-order chi connectivity index (χ0) is 21.6. The van der Waals surface area contributed by atoms with Crippen molar-refractivity contribution in [2.75, 3.05) is 0 Å². The van der Waals surface area contributed by atoms with Gasteiger partial charge in [-0.15, -0.1) is 0 Å². The van der Waals surface area contributed by atoms with Crippen LogP contribution in [0, 0.1) is 0 Å². The minimum atomic E-state index is -4.78. The first-order valence-electron chi connectivity index (χ1n) is 7.00. The van der Waals surface area contributed by atoms with Crippen LogP contribution in [0.15, 0.2) is 47.4 Å². The molecule has 0 saturated heterocycles. The third-order valence-corrected chi connectivity index (χ3v) is 4.00. The van der Waals surface area contributed by atoms with E-state index < -0.39 is 50.0 Å². The fourth-order valence-corrected chi connectivity index (χ4v) is 2.64. The maximum absolute atomic E-state index is 10.8. The van der Waals surface area contributed by atoms with Crippen LogP contribution in [0.25, 0.3) is 0 Å². The van der Waals surface area contributed by atoms with Crippen LogP contribution in [0.5, 0.6) is 0 Å². The topological polar surface area (TPSA) is 204 Å². The van der Waals surface area contributed by atoms with E-state index >= 15 is 0 Å². The lowest BCUT2D eigenvalue weighted by molar-refractivity contribution is 0.0648. The molecule has 0 saturated carbocycles. The second kappa shape index (κ2) is 8.75. The number of aromatic carboxylic acids is 4. The van der Waals surface area contributed by atoms with Gasteiger partial charge >= 0.3 is 23.9 Å². The van der Waals surface area contributed by atoms with Gasteiger partial charge < -0.3 is 20.4 Å². The summed E-state index contributed by atoms with van der Waals surface area (Å²) in [6.45, 7) is 0. The Morgan fingerprint density at radius 2 is 1.14 bits per heavy atom. The maximum Gasteiger partial charge on any atom is 0.338 e. The molecular formula is C16H12O11S. The van der Waals surface area contributed by atoms with Gasteiger partial charge in [0.05, 0.1) is 22.3 Å². The van der Waals surface area contributed by atoms with Gasteiger partial charge in [-0.2, -0.15) is 8.42 Å². The minimum Gasteiger partial charge on any atom is -0.478 e. The number of hydrogen-bond acceptors (Lipinski definition) is 6. The molecule has 148 valence electrons. The highest BCUT2D eigenvalue weighted by Crippen LogP contribution is 2.19. The van der Waals surface area contributed by atoms with Gasteiger partial charge in [0, 0.05) is 0 Å². The van der Waals surface area contributed by atoms with E-state index in [4.69, 9.17) is 25.0 Å². The van der Waals surface area contributed by atoms with E-state index in [9.17, 15) is 27.6 Å². The van der Waals surface area contributed by atoms with Gasteiger partial charge in [-0.25, -0.2) is 19.2 Å². The van der Waals surface area contributed by atoms with Crippen molar-refractivity contribution in [3.63, 3.8) is 0 Å². The zero-order valence-electron chi connectivity index (χ0n) is 13.6. The van der Waals surface area contributed by atoms with E-state index in [1.165, 1.54) is 18.2 Å². The number of carboxylic acid groups (broad SMARTS) is 4. The highest BCUT2D eigenvalue weighted by molar-refractivity contribution is 7.86. The van der Waals surface area contributed by atoms with Crippen molar-refractivity contribution in [3.8, 4) is 0 Å². The highest BCUT2D eigenvalue weighted by atomic mass is 32.2. The van der Waals surface area contributed by atoms with Crippen molar-refractivity contribution < 1.29 is 52.6 Å². The van der Waals surface area contributed by atoms with E-state index in [1.54, 1.807) is 0 Å². The molecule has 0 aliphatic rings. The van der Waals surface area contributed by atoms with Gasteiger partial charge in [0.25, 0.3) is 10.1 Å². The maximum atomic E-state index is 10.8. The molecule has 0 aliphatic carbocycles. The lowest BCUT2D eigenvalue weighted by atomic mass is 10.1. The van der Waals surface area contributed by atoms with Gasteiger partial charge in [-0.05, 0) is 30.3 Å². The summed E-state index contributed by atoms with van der Waals surface area (Å²) < 4.78 is 30.4. The van der Waals surface area contributed by atoms with E-state index in [-0.39, 0.29) is 11.1 Å². The van der Waals surface area contributed by atoms with E-state index in [2.05, 4.69) is 0 Å². The fourth-order valence-electron chi connectivity index (χ4n) is 1.93. The Labute approximate surface area is 156 Å². The van der Waals surface area contributed by atoms with Crippen LogP contribution in [-0.4, -0.2) is 57.3 Å². The minimum absolute atomic E-state index is 0.0186. The largest absolute Gasteiger partial charge is 0.478 e. The molecule has 0 unspecified atom stereocenters. The van der Waals surface area contributed by atoms with Gasteiger partial charge in [0.1, 0.15) is 4.90 Å². The summed E-state index contributed by atoms with van der Waals surface area (Å²) in [6, 6.07) is 7.96. The summed E-state index contributed by atoms with van der Waals surface area (Å²) in [5.41, 5.74) is -1.70. The summed E-state index contributed by atoms with van der Waals surface area (Å²) >= 11 is 0. The molecule has 0 fully saturated rings. The molecular weight excluding hydrogens is 400 g/mol. The molecule has 0 bridgehead atoms. The van der Waals surface area contributed by atoms with Gasteiger partial charge in [-0.3, -0.25) is 4.55 Å². The Bertz CT molecular complexity index is 1020. The van der Waals surface area contributed by atoms with E-state index in [0.29, 0.717) is 0 Å². The SMILES string of the molecule is O=C(O)c1cccc(C(=O)O)c1.O=C(O)c1cccc(S(=O)(=O)O)c1C(=O)O. The molecule has 0 atom stereocenters. The molecule has 11 nitrogen and oxygen atoms in total. The van der Waals surface area contributed by atoms with Gasteiger partial charge in [0.2, 0.25) is 0 Å². The van der Waals surface area contributed by atoms with Gasteiger partial charge in [0.15, 0.2) is 0 Å². The van der Waals surface area contributed by atoms with Crippen molar-refractivity contribution in [1.29, 1.82) is 0 Å². The Hall–Kier alpha value is -3.77. The molecule has 2 aromatic rings. The Balaban J connectivity index is 0.000000292. The highest BCUT2D eigenvalue weighted by Gasteiger charge is 2.26. The van der Waals surface area contributed by atoms with Crippen LogP contribution in [0.3, 0.4) is 0 Å². The number of carboxylic acids is 4. The molecule has 0 radical (unpaired) electrons. The quantitative estimate of drug-likeness (QED) is 0.444. The third-order valence-electron chi connectivity index (χ3n) is 3.10. The lowest BCUT2D eigenvalue weighted by Crippen LogP contribution is -2.14. The normalized spacial score (nSPS) is 10.3. The second-order valence-electron chi connectivity index (χ2n) is 4.96. The van der Waals surface area contributed by atoms with Crippen LogP contribution >= 0.6 is 0 Å². The van der Waals surface area contributed by atoms with Gasteiger partial charge in [-0.1, -0.05) is 12.1 Å². The smallest absolute Gasteiger partial charge is 0.338 e. The number of carbonyl (C=O) groups is 4. The Morgan fingerprint density at radius 3 is 1.50 bits per heavy atom. The van der Waals surface area contributed by atoms with Crippen molar-refractivity contribution in [3.05, 3.63) is 64.7 Å². The molecule has 0 aliphatic heterocycles. The first-order valence-corrected chi connectivity index (χ1v) is 8.44. The molecule has 2 rings (SSSR count). The van der Waals surface area contributed by atoms with Crippen LogP contribution < -0.4 is 0 Å². The second-order valence-corrected chi connectivity index (χ2v) is 6.35. The summed E-state index contributed by atoms with van der Waals surface area (Å²) in [5, 5.41) is 34.4. The predicted molar refractivity (Wildman–Crippen MR) is 90.5 cm³/mol. The number of benzene rings is 2. The van der Waals surface area contributed by atoms with Crippen molar-refractivity contribution >= 4 is 34.0 Å². The Morgan fingerprint density at radius 1 is 0.679 bits per heavy atom. The fraction of sp³-hybridized carbons (Fsp3) is 0. The molecule has 12 heteroatoms. The summed E-state index contributed by atoms with van der Waals surface area (Å²) in [5.74, 6) is -5.59. The van der Waals surface area contributed by atoms with Crippen LogP contribution in [-0.2, 0) is 10.1 Å².